The van der Waals surface area contributed by atoms with Crippen molar-refractivity contribution in [3.8, 4) is 0 Å². The summed E-state index contributed by atoms with van der Waals surface area (Å²) in [5, 5.41) is 0. The standard InChI is InChI=1S/C8H16O4P/c1-2-3-4-8-5-10-13(9,11-6-8)12-7-8/h9H,2-7H2,1H3. The molecule has 0 aromatic carbocycles. The zero-order valence-corrected chi connectivity index (χ0v) is 8.76. The minimum absolute atomic E-state index is 0.0144. The first-order valence-corrected chi connectivity index (χ1v) is 6.23. The van der Waals surface area contributed by atoms with Crippen LogP contribution in [0.15, 0.2) is 0 Å². The molecule has 0 aromatic rings. The number of hydrogen-bond donors (Lipinski definition) is 1. The average Bonchev–Trinajstić information content (AvgIpc) is 2.18. The van der Waals surface area contributed by atoms with E-state index < -0.39 is 8.17 Å². The lowest BCUT2D eigenvalue weighted by molar-refractivity contribution is -0.115. The highest BCUT2D eigenvalue weighted by molar-refractivity contribution is 7.55. The zero-order valence-electron chi connectivity index (χ0n) is 7.86. The van der Waals surface area contributed by atoms with Crippen LogP contribution in [-0.4, -0.2) is 24.7 Å². The lowest BCUT2D eigenvalue weighted by Crippen LogP contribution is -2.46. The molecular weight excluding hydrogens is 191 g/mol. The van der Waals surface area contributed by atoms with E-state index in [1.54, 1.807) is 0 Å². The van der Waals surface area contributed by atoms with Crippen molar-refractivity contribution >= 4 is 8.17 Å². The fourth-order valence-electron chi connectivity index (χ4n) is 1.66. The van der Waals surface area contributed by atoms with Gasteiger partial charge in [0.2, 0.25) is 0 Å². The van der Waals surface area contributed by atoms with Gasteiger partial charge < -0.3 is 4.89 Å². The lowest BCUT2D eigenvalue weighted by atomic mass is 9.85. The summed E-state index contributed by atoms with van der Waals surface area (Å²) in [5.74, 6) is 0. The van der Waals surface area contributed by atoms with Gasteiger partial charge in [0, 0.05) is 5.41 Å². The quantitative estimate of drug-likeness (QED) is 0.718. The highest BCUT2D eigenvalue weighted by atomic mass is 31.2. The first-order valence-electron chi connectivity index (χ1n) is 4.74. The normalized spacial score (nSPS) is 43.8. The summed E-state index contributed by atoms with van der Waals surface area (Å²) in [7, 11) is -2.85. The molecule has 3 heterocycles. The first kappa shape index (κ1) is 9.81. The Morgan fingerprint density at radius 2 is 1.77 bits per heavy atom. The van der Waals surface area contributed by atoms with Crippen LogP contribution in [0, 0.1) is 5.41 Å². The van der Waals surface area contributed by atoms with E-state index in [2.05, 4.69) is 6.92 Å². The minimum atomic E-state index is -2.85. The molecule has 0 unspecified atom stereocenters. The molecule has 0 saturated carbocycles. The SMILES string of the molecule is CCCCC12CO[P](O)(OC1)OC2. The second-order valence-electron chi connectivity index (χ2n) is 3.89. The van der Waals surface area contributed by atoms with E-state index in [1.165, 1.54) is 6.42 Å². The Labute approximate surface area is 78.8 Å². The molecule has 3 aliphatic rings. The largest absolute Gasteiger partial charge is 0.377 e. The van der Waals surface area contributed by atoms with Gasteiger partial charge in [0.25, 0.3) is 0 Å². The molecule has 4 nitrogen and oxygen atoms in total. The number of hydrogen-bond acceptors (Lipinski definition) is 4. The average molecular weight is 207 g/mol. The van der Waals surface area contributed by atoms with E-state index in [-0.39, 0.29) is 5.41 Å². The minimum Gasteiger partial charge on any atom is -0.314 e. The summed E-state index contributed by atoms with van der Waals surface area (Å²) in [6, 6.07) is 0. The van der Waals surface area contributed by atoms with Gasteiger partial charge in [-0.2, -0.15) is 0 Å². The van der Waals surface area contributed by atoms with Crippen molar-refractivity contribution in [1.82, 2.24) is 0 Å². The van der Waals surface area contributed by atoms with Crippen molar-refractivity contribution in [2.75, 3.05) is 19.8 Å². The van der Waals surface area contributed by atoms with Crippen LogP contribution >= 0.6 is 8.17 Å². The highest BCUT2D eigenvalue weighted by Crippen LogP contribution is 2.67. The Morgan fingerprint density at radius 3 is 2.23 bits per heavy atom. The van der Waals surface area contributed by atoms with Crippen molar-refractivity contribution in [3.05, 3.63) is 0 Å². The number of unbranched alkanes of at least 4 members (excludes halogenated alkanes) is 1. The molecule has 3 aliphatic heterocycles. The van der Waals surface area contributed by atoms with Gasteiger partial charge in [0.05, 0.1) is 19.8 Å². The Hall–Kier alpha value is 0.270. The molecule has 77 valence electrons. The molecule has 0 atom stereocenters. The molecule has 3 rings (SSSR count). The molecule has 3 fully saturated rings. The number of fused-ring (bicyclic) bond motifs is 3. The Bertz CT molecular complexity index is 166. The second-order valence-corrected chi connectivity index (χ2v) is 5.60. The third-order valence-electron chi connectivity index (χ3n) is 2.66. The third-order valence-corrected chi connectivity index (χ3v) is 4.03. The van der Waals surface area contributed by atoms with Gasteiger partial charge in [-0.25, -0.2) is 0 Å². The summed E-state index contributed by atoms with van der Waals surface area (Å²) < 4.78 is 15.6. The van der Waals surface area contributed by atoms with Gasteiger partial charge in [-0.05, 0) is 6.42 Å². The summed E-state index contributed by atoms with van der Waals surface area (Å²) in [4.78, 5) is 9.50. The number of rotatable bonds is 3. The maximum atomic E-state index is 9.50. The third kappa shape index (κ3) is 1.88. The molecule has 3 saturated heterocycles. The van der Waals surface area contributed by atoms with Gasteiger partial charge in [-0.1, -0.05) is 19.8 Å². The second kappa shape index (κ2) is 3.44. The van der Waals surface area contributed by atoms with E-state index in [1.807, 2.05) is 0 Å². The van der Waals surface area contributed by atoms with Crippen LogP contribution in [0.3, 0.4) is 0 Å². The smallest absolute Gasteiger partial charge is 0.314 e. The molecule has 0 amide bonds. The summed E-state index contributed by atoms with van der Waals surface area (Å²) >= 11 is 0. The predicted octanol–water partition coefficient (Wildman–Crippen LogP) is 1.91. The van der Waals surface area contributed by atoms with Crippen LogP contribution in [0.4, 0.5) is 0 Å². The Morgan fingerprint density at radius 1 is 1.23 bits per heavy atom. The lowest BCUT2D eigenvalue weighted by Gasteiger charge is -2.49. The predicted molar refractivity (Wildman–Crippen MR) is 49.0 cm³/mol. The van der Waals surface area contributed by atoms with Crippen LogP contribution in [0.5, 0.6) is 0 Å². The summed E-state index contributed by atoms with van der Waals surface area (Å²) in [5.41, 5.74) is 0.0144. The molecule has 0 aliphatic carbocycles. The van der Waals surface area contributed by atoms with Gasteiger partial charge >= 0.3 is 8.17 Å². The van der Waals surface area contributed by atoms with Crippen molar-refractivity contribution in [2.24, 2.45) is 5.41 Å². The summed E-state index contributed by atoms with van der Waals surface area (Å²) in [6.07, 6.45) is 3.39. The molecule has 13 heavy (non-hydrogen) atoms. The van der Waals surface area contributed by atoms with Gasteiger partial charge in [0.15, 0.2) is 0 Å². The highest BCUT2D eigenvalue weighted by Gasteiger charge is 2.51. The van der Waals surface area contributed by atoms with Crippen molar-refractivity contribution in [1.29, 1.82) is 0 Å². The molecule has 0 aromatic heterocycles. The van der Waals surface area contributed by atoms with Gasteiger partial charge in [-0.15, -0.1) is 0 Å². The molecular formula is C8H16O4P. The van der Waals surface area contributed by atoms with Crippen LogP contribution in [0.25, 0.3) is 0 Å². The Balaban J connectivity index is 1.95. The van der Waals surface area contributed by atoms with Crippen LogP contribution in [-0.2, 0) is 13.6 Å². The molecule has 5 heteroatoms. The maximum absolute atomic E-state index is 9.50. The molecule has 2 bridgehead atoms. The van der Waals surface area contributed by atoms with E-state index in [4.69, 9.17) is 13.6 Å². The first-order chi connectivity index (χ1) is 6.18. The van der Waals surface area contributed by atoms with Crippen LogP contribution in [0.1, 0.15) is 26.2 Å². The van der Waals surface area contributed by atoms with E-state index in [0.717, 1.165) is 12.8 Å². The maximum Gasteiger partial charge on any atom is 0.377 e. The van der Waals surface area contributed by atoms with Crippen molar-refractivity contribution < 1.29 is 18.5 Å². The topological polar surface area (TPSA) is 47.9 Å². The van der Waals surface area contributed by atoms with E-state index in [9.17, 15) is 4.89 Å². The molecule has 0 spiro atoms. The van der Waals surface area contributed by atoms with Gasteiger partial charge in [0.1, 0.15) is 0 Å². The fraction of sp³-hybridized carbons (Fsp3) is 1.00. The fourth-order valence-corrected chi connectivity index (χ4v) is 3.20. The van der Waals surface area contributed by atoms with Crippen LogP contribution in [0.2, 0.25) is 0 Å². The zero-order chi connectivity index (χ0) is 9.36. The molecule has 1 radical (unpaired) electrons. The monoisotopic (exact) mass is 207 g/mol. The summed E-state index contributed by atoms with van der Waals surface area (Å²) in [6.45, 7) is 3.94. The Kier molecular flexibility index (Phi) is 2.60. The molecule has 1 N–H and O–H groups in total. The van der Waals surface area contributed by atoms with E-state index in [0.29, 0.717) is 19.8 Å². The van der Waals surface area contributed by atoms with E-state index >= 15 is 0 Å². The van der Waals surface area contributed by atoms with Crippen LogP contribution < -0.4 is 0 Å². The van der Waals surface area contributed by atoms with Crippen molar-refractivity contribution in [3.63, 3.8) is 0 Å². The van der Waals surface area contributed by atoms with Crippen molar-refractivity contribution in [2.45, 2.75) is 26.2 Å². The van der Waals surface area contributed by atoms with Gasteiger partial charge in [-0.3, -0.25) is 13.6 Å².